The fourth-order valence-electron chi connectivity index (χ4n) is 24.1. The smallest absolute Gasteiger partial charge is 0.217 e. The Morgan fingerprint density at radius 3 is 1.21 bits per heavy atom. The van der Waals surface area contributed by atoms with Crippen LogP contribution in [0.15, 0.2) is 61.4 Å². The maximum atomic E-state index is 11.0. The van der Waals surface area contributed by atoms with E-state index in [0.29, 0.717) is 96.3 Å². The third-order valence-corrected chi connectivity index (χ3v) is 32.8. The second kappa shape index (κ2) is 51.6. The van der Waals surface area contributed by atoms with Gasteiger partial charge in [-0.25, -0.2) is 0 Å². The van der Waals surface area contributed by atoms with E-state index < -0.39 is 0 Å². The number of carbonyl (C=O) groups is 5. The van der Waals surface area contributed by atoms with Crippen molar-refractivity contribution >= 4 is 29.2 Å². The van der Waals surface area contributed by atoms with Gasteiger partial charge in [-0.05, 0) is 392 Å². The Labute approximate surface area is 868 Å². The molecular weight excluding hydrogens is 1750 g/mol. The molecule has 11 aliphatic heterocycles. The van der Waals surface area contributed by atoms with Gasteiger partial charge in [0.2, 0.25) is 11.8 Å². The van der Waals surface area contributed by atoms with Crippen LogP contribution in [0.4, 0.5) is 0 Å². The molecule has 816 valence electrons. The van der Waals surface area contributed by atoms with Crippen molar-refractivity contribution in [3.05, 3.63) is 61.4 Å². The average molecular weight is 1970 g/mol. The average Bonchev–Trinajstić information content (AvgIpc) is 1.09. The molecule has 2 amide bonds. The largest absolute Gasteiger partial charge is 0.389 e. The van der Waals surface area contributed by atoms with Crippen LogP contribution in [0.2, 0.25) is 0 Å². The second-order valence-electron chi connectivity index (χ2n) is 56.9. The van der Waals surface area contributed by atoms with Crippen molar-refractivity contribution in [3.8, 4) is 0 Å². The molecular formula is C119H225N17O5. The number of rotatable bonds is 23. The van der Waals surface area contributed by atoms with E-state index in [9.17, 15) is 24.0 Å². The maximum Gasteiger partial charge on any atom is 0.217 e. The van der Waals surface area contributed by atoms with Crippen molar-refractivity contribution in [2.24, 2.45) is 50.7 Å². The van der Waals surface area contributed by atoms with Crippen LogP contribution in [-0.2, 0) is 24.0 Å². The third kappa shape index (κ3) is 42.3. The number of likely N-dealkylation sites (tertiary alicyclic amines) is 10. The van der Waals surface area contributed by atoms with Gasteiger partial charge in [-0.1, -0.05) is 46.7 Å². The summed E-state index contributed by atoms with van der Waals surface area (Å²) >= 11 is 0. The SMILES string of the molecule is C=C(C)N1CC(CNC(C)(C)C)C1.C=C(C)N1CC2(C1)CN(C(C)(C)C)C2.C=C(C)N1CC2(CC(NC(C)(C)C)C2)C1.C=C(C)NCC1CN(C(C)(C)C)C1.C=C1CCC2(CCN(C(C)(C)C)CC2)N1.CC(=O)CC12CC(CNC(C)C)(C1)C2.CC(=O)CCC1CCCN(C(C)(C)C)C1.CC(=O)CCC1CCN(C(C)(C)C)C1.CC(=O)NC1CC2(C1)CN(C(C)C)C2.CC(=O)NC1CCCN(C(C)(C)C)C1. The Morgan fingerprint density at radius 2 is 0.816 bits per heavy atom. The highest BCUT2D eigenvalue weighted by Crippen LogP contribution is 2.74. The molecule has 2 bridgehead atoms. The number of allylic oxidation sites excluding steroid dienone is 5. The molecule has 22 nitrogen and oxygen atoms in total. The number of piperidine rings is 3. The van der Waals surface area contributed by atoms with Gasteiger partial charge in [0.15, 0.2) is 0 Å². The molecule has 7 N–H and O–H groups in total. The quantitative estimate of drug-likeness (QED) is 0.0509. The van der Waals surface area contributed by atoms with Gasteiger partial charge in [0.25, 0.3) is 0 Å². The van der Waals surface area contributed by atoms with Crippen molar-refractivity contribution in [1.82, 2.24) is 86.2 Å². The minimum absolute atomic E-state index is 0.0887. The van der Waals surface area contributed by atoms with Crippen LogP contribution < -0.4 is 37.2 Å². The Hall–Kier alpha value is -4.75. The minimum Gasteiger partial charge on any atom is -0.389 e. The van der Waals surface area contributed by atoms with Gasteiger partial charge >= 0.3 is 0 Å². The fraction of sp³-hybridized carbons (Fsp3) is 0.874. The van der Waals surface area contributed by atoms with Crippen LogP contribution in [0.3, 0.4) is 0 Å². The van der Waals surface area contributed by atoms with E-state index in [1.54, 1.807) is 34.6 Å². The van der Waals surface area contributed by atoms with Crippen molar-refractivity contribution in [3.63, 3.8) is 0 Å². The predicted molar refractivity (Wildman–Crippen MR) is 600 cm³/mol. The first-order chi connectivity index (χ1) is 64.4. The monoisotopic (exact) mass is 1970 g/mol. The standard InChI is InChI=1S/2C13H24N2.C13H25NO.C12H22N2.C12H21NO.C12H23NO.C11H20N2O.C11H22N2O.2C11H22N2/c1-10(2)15-8-13(9-15)6-11(7-13)14-12(3,4)5;1-11-5-6-13(14-11)7-9-15(10-8-13)12(2,3)4;1-11(15)7-8-12-6-5-9-14(10-12)13(2,3)4;1-10(2)13-6-12(7-13)8-14(9-12)11(3,4)5;1-9(2)13-8-12-5-11(6-12,7-12)4-10(3)14;1-10(14)5-6-11-7-8-13(9-11)12(2,3)4;1-8(2)13-6-11(7-13)4-10(5-11)12-9(3)14;1-9(14)12-10-6-5-7-13(8-10)11(2,3)4;1-9(2)13-7-10(8-13)6-12-11(3,4)5;1-9(2)12-6-10-7-13(8-10)11(3,4)5/h11,14H,1,6-9H2,2-5H3;14H,1,5-10H2,2-4H3;12H,5-10H2,1-4H3;1,6-9H2,2-5H3;9,13H,4-8H2,1-3H3;11H,5-9H2,1-4H3;8,10H,4-7H2,1-3H3,(H,12,14);10H,5-8H2,1-4H3,(H,12,14);2*10,12H,1,6-8H2,2-5H3. The highest BCUT2D eigenvalue weighted by Gasteiger charge is 2.67. The summed E-state index contributed by atoms with van der Waals surface area (Å²) in [6, 6.07) is 2.83. The van der Waals surface area contributed by atoms with Gasteiger partial charge < -0.3 is 66.3 Å². The lowest BCUT2D eigenvalue weighted by Gasteiger charge is -2.71. The Kier molecular flexibility index (Phi) is 45.8. The molecule has 0 aromatic carbocycles. The van der Waals surface area contributed by atoms with E-state index in [4.69, 9.17) is 0 Å². The first-order valence-corrected chi connectivity index (χ1v) is 56.1. The summed E-state index contributed by atoms with van der Waals surface area (Å²) in [7, 11) is 0. The zero-order chi connectivity index (χ0) is 107. The molecule has 11 saturated heterocycles. The first-order valence-electron chi connectivity index (χ1n) is 56.1. The molecule has 16 fully saturated rings. The highest BCUT2D eigenvalue weighted by atomic mass is 16.2. The third-order valence-electron chi connectivity index (χ3n) is 32.8. The van der Waals surface area contributed by atoms with E-state index in [2.05, 4.69) is 334 Å². The number of Topliss-reactive ketones (excluding diaryl/α,β-unsaturated/α-hetero) is 3. The molecule has 5 aliphatic carbocycles. The molecule has 16 aliphatic rings. The van der Waals surface area contributed by atoms with Crippen molar-refractivity contribution < 1.29 is 24.0 Å². The van der Waals surface area contributed by atoms with Crippen LogP contribution >= 0.6 is 0 Å². The maximum absolute atomic E-state index is 11.0. The van der Waals surface area contributed by atoms with E-state index >= 15 is 0 Å². The van der Waals surface area contributed by atoms with Gasteiger partial charge in [0, 0.05) is 295 Å². The molecule has 3 atom stereocenters. The van der Waals surface area contributed by atoms with Crippen molar-refractivity contribution in [2.45, 2.75) is 471 Å². The summed E-state index contributed by atoms with van der Waals surface area (Å²) in [5.74, 6) is 4.36. The van der Waals surface area contributed by atoms with Gasteiger partial charge in [0.05, 0.1) is 0 Å². The molecule has 16 rings (SSSR count). The summed E-state index contributed by atoms with van der Waals surface area (Å²) in [5.41, 5.74) is 11.6. The molecule has 0 aromatic heterocycles. The molecule has 4 spiro atoms. The number of nitrogens with zero attached hydrogens (tertiary/aromatic N) is 10. The molecule has 3 unspecified atom stereocenters. The predicted octanol–water partition coefficient (Wildman–Crippen LogP) is 20.4. The number of hydrogen-bond acceptors (Lipinski definition) is 20. The van der Waals surface area contributed by atoms with Crippen LogP contribution in [0.5, 0.6) is 0 Å². The fourth-order valence-corrected chi connectivity index (χ4v) is 24.1. The molecule has 22 heteroatoms. The second-order valence-corrected chi connectivity index (χ2v) is 56.9. The van der Waals surface area contributed by atoms with Gasteiger partial charge in [-0.15, -0.1) is 0 Å². The zero-order valence-electron chi connectivity index (χ0n) is 98.9. The topological polar surface area (TPSA) is 202 Å². The molecule has 0 radical (unpaired) electrons. The first kappa shape index (κ1) is 125. The summed E-state index contributed by atoms with van der Waals surface area (Å²) < 4.78 is 0. The highest BCUT2D eigenvalue weighted by molar-refractivity contribution is 5.77. The van der Waals surface area contributed by atoms with E-state index in [0.717, 1.165) is 107 Å². The minimum atomic E-state index is 0.0887. The van der Waals surface area contributed by atoms with E-state index in [1.807, 2.05) is 6.92 Å². The van der Waals surface area contributed by atoms with Crippen molar-refractivity contribution in [2.75, 3.05) is 151 Å². The zero-order valence-corrected chi connectivity index (χ0v) is 98.9. The van der Waals surface area contributed by atoms with E-state index in [1.165, 1.54) is 237 Å². The van der Waals surface area contributed by atoms with Crippen LogP contribution in [0.1, 0.15) is 391 Å². The summed E-state index contributed by atoms with van der Waals surface area (Å²) in [4.78, 5) is 79.4. The normalized spacial score (nSPS) is 25.9. The van der Waals surface area contributed by atoms with Crippen LogP contribution in [0, 0.1) is 50.7 Å². The number of amides is 2. The Morgan fingerprint density at radius 1 is 0.404 bits per heavy atom. The Balaban J connectivity index is 0.000000240. The molecule has 0 aromatic rings. The lowest BCUT2D eigenvalue weighted by molar-refractivity contribution is -0.204. The van der Waals surface area contributed by atoms with Gasteiger partial charge in [0.1, 0.15) is 17.3 Å². The number of nitrogens with one attached hydrogen (secondary N) is 7. The molecule has 5 saturated carbocycles. The summed E-state index contributed by atoms with van der Waals surface area (Å²) in [5, 5.41) is 23.6. The Bertz CT molecular complexity index is 3900. The number of hydrogen-bond donors (Lipinski definition) is 7. The van der Waals surface area contributed by atoms with E-state index in [-0.39, 0.29) is 34.0 Å². The summed E-state index contributed by atoms with van der Waals surface area (Å²) in [6.07, 6.45) is 24.7. The molecule has 11 heterocycles. The molecule has 141 heavy (non-hydrogen) atoms. The number of carbonyl (C=O) groups excluding carboxylic acids is 5. The number of ketones is 3. The van der Waals surface area contributed by atoms with Gasteiger partial charge in [-0.2, -0.15) is 0 Å². The lowest BCUT2D eigenvalue weighted by Crippen LogP contribution is -2.74. The summed E-state index contributed by atoms with van der Waals surface area (Å²) in [6.45, 7) is 127. The van der Waals surface area contributed by atoms with Gasteiger partial charge in [-0.3, -0.25) is 43.9 Å². The lowest BCUT2D eigenvalue weighted by atomic mass is 9.34. The van der Waals surface area contributed by atoms with Crippen LogP contribution in [-0.4, -0.2) is 309 Å². The van der Waals surface area contributed by atoms with Crippen molar-refractivity contribution in [1.29, 1.82) is 0 Å². The van der Waals surface area contributed by atoms with Crippen LogP contribution in [0.25, 0.3) is 0 Å².